The van der Waals surface area contributed by atoms with E-state index in [4.69, 9.17) is 4.84 Å². The quantitative estimate of drug-likeness (QED) is 0.666. The molecule has 0 N–H and O–H groups in total. The third-order valence-corrected chi connectivity index (χ3v) is 4.47. The molecule has 3 saturated heterocycles. The van der Waals surface area contributed by atoms with E-state index in [1.54, 1.807) is 0 Å². The van der Waals surface area contributed by atoms with Gasteiger partial charge in [-0.3, -0.25) is 14.4 Å². The Hall–Kier alpha value is -2.12. The molecule has 0 aromatic carbocycles. The Balaban J connectivity index is 1.49. The number of ketones is 1. The Bertz CT molecular complexity index is 513. The van der Waals surface area contributed by atoms with E-state index < -0.39 is 17.8 Å². The number of likely N-dealkylation sites (tertiary alicyclic amines) is 2. The van der Waals surface area contributed by atoms with Crippen molar-refractivity contribution in [3.63, 3.8) is 0 Å². The average molecular weight is 309 g/mol. The number of hydrogen-bond acceptors (Lipinski definition) is 5. The van der Waals surface area contributed by atoms with Crippen LogP contribution in [0.15, 0.2) is 0 Å². The van der Waals surface area contributed by atoms with Crippen molar-refractivity contribution in [1.82, 2.24) is 14.9 Å². The largest absolute Gasteiger partial charge is 0.434 e. The van der Waals surface area contributed by atoms with E-state index in [1.807, 2.05) is 4.90 Å². The summed E-state index contributed by atoms with van der Waals surface area (Å²) in [5, 5.41) is 0.834. The first-order valence-electron chi connectivity index (χ1n) is 7.67. The highest BCUT2D eigenvalue weighted by Gasteiger charge is 2.36. The van der Waals surface area contributed by atoms with Gasteiger partial charge in [0.2, 0.25) is 11.7 Å². The van der Waals surface area contributed by atoms with E-state index in [2.05, 4.69) is 0 Å². The van der Waals surface area contributed by atoms with Gasteiger partial charge in [-0.1, -0.05) is 0 Å². The topological polar surface area (TPSA) is 87.2 Å². The van der Waals surface area contributed by atoms with Crippen molar-refractivity contribution >= 4 is 23.7 Å². The van der Waals surface area contributed by atoms with Crippen LogP contribution in [0.2, 0.25) is 0 Å². The van der Waals surface area contributed by atoms with Gasteiger partial charge in [0.15, 0.2) is 0 Å². The Morgan fingerprint density at radius 1 is 1.00 bits per heavy atom. The molecule has 0 spiro atoms. The number of carbonyl (C=O) groups is 4. The van der Waals surface area contributed by atoms with Crippen LogP contribution in [0.3, 0.4) is 0 Å². The molecule has 8 nitrogen and oxygen atoms in total. The number of amides is 3. The second kappa shape index (κ2) is 5.94. The second-order valence-electron chi connectivity index (χ2n) is 5.85. The highest BCUT2D eigenvalue weighted by molar-refractivity contribution is 6.37. The van der Waals surface area contributed by atoms with Crippen molar-refractivity contribution in [1.29, 1.82) is 0 Å². The Labute approximate surface area is 127 Å². The van der Waals surface area contributed by atoms with Crippen LogP contribution in [0.4, 0.5) is 4.79 Å². The third kappa shape index (κ3) is 2.77. The minimum atomic E-state index is -0.758. The number of carbonyl (C=O) groups excluding carboxylic acids is 4. The first-order valence-corrected chi connectivity index (χ1v) is 7.67. The molecule has 0 aromatic rings. The fourth-order valence-electron chi connectivity index (χ4n) is 3.21. The predicted molar refractivity (Wildman–Crippen MR) is 73.4 cm³/mol. The van der Waals surface area contributed by atoms with Crippen LogP contribution in [-0.4, -0.2) is 70.8 Å². The molecule has 3 amide bonds. The van der Waals surface area contributed by atoms with Crippen LogP contribution in [-0.2, 0) is 19.2 Å². The normalized spacial score (nSPS) is 23.6. The summed E-state index contributed by atoms with van der Waals surface area (Å²) in [7, 11) is 0. The van der Waals surface area contributed by atoms with Crippen molar-refractivity contribution in [3.8, 4) is 0 Å². The maximum atomic E-state index is 12.0. The molecule has 120 valence electrons. The number of Topliss-reactive ketones (excluding diaryl/α,β-unsaturated/α-hetero) is 1. The van der Waals surface area contributed by atoms with Gasteiger partial charge in [0, 0.05) is 38.5 Å². The monoisotopic (exact) mass is 309 g/mol. The van der Waals surface area contributed by atoms with Crippen LogP contribution in [0.25, 0.3) is 0 Å². The van der Waals surface area contributed by atoms with Gasteiger partial charge in [0.05, 0.1) is 6.54 Å². The van der Waals surface area contributed by atoms with Crippen molar-refractivity contribution in [2.45, 2.75) is 38.1 Å². The summed E-state index contributed by atoms with van der Waals surface area (Å²) in [6.45, 7) is 1.91. The fraction of sp³-hybridized carbons (Fsp3) is 0.714. The molecule has 3 fully saturated rings. The standard InChI is InChI=1S/C14H19N3O5/c18-11-5-9-17(13(11)20)22-14(21)15-7-3-10(4-8-15)16-6-1-2-12(16)19/h10H,1-9H2. The molecule has 3 rings (SSSR count). The van der Waals surface area contributed by atoms with Gasteiger partial charge in [-0.05, 0) is 19.3 Å². The summed E-state index contributed by atoms with van der Waals surface area (Å²) in [5.41, 5.74) is 0. The molecule has 3 heterocycles. The van der Waals surface area contributed by atoms with Gasteiger partial charge < -0.3 is 14.6 Å². The molecule has 0 bridgehead atoms. The molecule has 0 radical (unpaired) electrons. The lowest BCUT2D eigenvalue weighted by Crippen LogP contribution is -2.48. The van der Waals surface area contributed by atoms with Crippen molar-refractivity contribution in [2.24, 2.45) is 0 Å². The van der Waals surface area contributed by atoms with E-state index in [-0.39, 0.29) is 24.9 Å². The van der Waals surface area contributed by atoms with Crippen LogP contribution >= 0.6 is 0 Å². The highest BCUT2D eigenvalue weighted by Crippen LogP contribution is 2.22. The minimum Gasteiger partial charge on any atom is -0.340 e. The van der Waals surface area contributed by atoms with Crippen LogP contribution < -0.4 is 0 Å². The first-order chi connectivity index (χ1) is 10.6. The number of rotatable bonds is 2. The van der Waals surface area contributed by atoms with Crippen LogP contribution in [0.5, 0.6) is 0 Å². The maximum absolute atomic E-state index is 12.0. The smallest absolute Gasteiger partial charge is 0.340 e. The lowest BCUT2D eigenvalue weighted by atomic mass is 10.0. The lowest BCUT2D eigenvalue weighted by Gasteiger charge is -2.36. The molecule has 3 aliphatic heterocycles. The molecule has 8 heteroatoms. The Morgan fingerprint density at radius 2 is 1.73 bits per heavy atom. The second-order valence-corrected chi connectivity index (χ2v) is 5.85. The van der Waals surface area contributed by atoms with Crippen LogP contribution in [0, 0.1) is 0 Å². The van der Waals surface area contributed by atoms with Crippen molar-refractivity contribution < 1.29 is 24.0 Å². The summed E-state index contributed by atoms with van der Waals surface area (Å²) in [4.78, 5) is 54.7. The summed E-state index contributed by atoms with van der Waals surface area (Å²) in [6, 6.07) is 0.189. The zero-order chi connectivity index (χ0) is 15.7. The maximum Gasteiger partial charge on any atom is 0.434 e. The number of hydroxylamine groups is 2. The number of piperidine rings is 1. The predicted octanol–water partition coefficient (Wildman–Crippen LogP) is -0.0738. The van der Waals surface area contributed by atoms with E-state index in [1.165, 1.54) is 4.90 Å². The molecule has 0 atom stereocenters. The van der Waals surface area contributed by atoms with Gasteiger partial charge in [-0.25, -0.2) is 4.79 Å². The molecular formula is C14H19N3O5. The Kier molecular flexibility index (Phi) is 4.00. The summed E-state index contributed by atoms with van der Waals surface area (Å²) < 4.78 is 0. The molecule has 22 heavy (non-hydrogen) atoms. The molecular weight excluding hydrogens is 290 g/mol. The van der Waals surface area contributed by atoms with Crippen molar-refractivity contribution in [3.05, 3.63) is 0 Å². The van der Waals surface area contributed by atoms with Gasteiger partial charge >= 0.3 is 12.0 Å². The van der Waals surface area contributed by atoms with Gasteiger partial charge in [-0.2, -0.15) is 5.06 Å². The third-order valence-electron chi connectivity index (χ3n) is 4.47. The number of nitrogens with zero attached hydrogens (tertiary/aromatic N) is 3. The summed E-state index contributed by atoms with van der Waals surface area (Å²) in [5.74, 6) is -1.09. The lowest BCUT2D eigenvalue weighted by molar-refractivity contribution is -0.164. The van der Waals surface area contributed by atoms with Crippen molar-refractivity contribution in [2.75, 3.05) is 26.2 Å². The zero-order valence-corrected chi connectivity index (χ0v) is 12.3. The molecule has 0 saturated carbocycles. The van der Waals surface area contributed by atoms with Gasteiger partial charge in [0.25, 0.3) is 0 Å². The number of hydrogen-bond donors (Lipinski definition) is 0. The molecule has 3 aliphatic rings. The minimum absolute atomic E-state index is 0.0886. The van der Waals surface area contributed by atoms with E-state index >= 15 is 0 Å². The van der Waals surface area contributed by atoms with E-state index in [0.29, 0.717) is 32.4 Å². The SMILES string of the molecule is O=C1CCN(OC(=O)N2CCC(N3CCCC3=O)CC2)C1=O. The summed E-state index contributed by atoms with van der Waals surface area (Å²) >= 11 is 0. The Morgan fingerprint density at radius 3 is 2.27 bits per heavy atom. The van der Waals surface area contributed by atoms with E-state index in [9.17, 15) is 19.2 Å². The average Bonchev–Trinajstić information content (AvgIpc) is 3.08. The summed E-state index contributed by atoms with van der Waals surface area (Å²) in [6.07, 6.45) is 2.45. The molecule has 0 aliphatic carbocycles. The van der Waals surface area contributed by atoms with Gasteiger partial charge in [-0.15, -0.1) is 0 Å². The fourth-order valence-corrected chi connectivity index (χ4v) is 3.21. The van der Waals surface area contributed by atoms with E-state index in [0.717, 1.165) is 18.0 Å². The zero-order valence-electron chi connectivity index (χ0n) is 12.3. The molecule has 0 aromatic heterocycles. The highest BCUT2D eigenvalue weighted by atomic mass is 16.7. The molecule has 0 unspecified atom stereocenters. The first kappa shape index (κ1) is 14.8. The van der Waals surface area contributed by atoms with Crippen LogP contribution in [0.1, 0.15) is 32.1 Å². The van der Waals surface area contributed by atoms with Gasteiger partial charge in [0.1, 0.15) is 0 Å².